The maximum atomic E-state index is 12.0. The van der Waals surface area contributed by atoms with E-state index in [0.717, 1.165) is 25.2 Å². The second kappa shape index (κ2) is 10.5. The first-order chi connectivity index (χ1) is 14.5. The maximum absolute atomic E-state index is 12.0. The summed E-state index contributed by atoms with van der Waals surface area (Å²) in [6.07, 6.45) is 5.10. The highest BCUT2D eigenvalue weighted by atomic mass is 32.1. The van der Waals surface area contributed by atoms with Crippen LogP contribution in [0.3, 0.4) is 0 Å². The fraction of sp³-hybridized carbons (Fsp3) is 0.238. The van der Waals surface area contributed by atoms with Gasteiger partial charge >= 0.3 is 0 Å². The lowest BCUT2D eigenvalue weighted by Gasteiger charge is -2.12. The van der Waals surface area contributed by atoms with Crippen LogP contribution in [0.15, 0.2) is 54.6 Å². The standard InChI is InChI=1S/C21H21N3O5S/c25-20(12-5-15-3-8-17(9-4-15)24(26)27)23-21(30)22-16-6-10-18(11-7-16)29-14-19-2-1-13-28-19/h3-12,19H,1-2,13-14H2,(H2,22,23,25,30)/b12-5+. The quantitative estimate of drug-likeness (QED) is 0.301. The SMILES string of the molecule is O=C(/C=C/c1ccc([N+](=O)[O-])cc1)NC(=S)Nc1ccc(OCC2CCCO2)cc1. The van der Waals surface area contributed by atoms with Crippen LogP contribution in [0.5, 0.6) is 5.75 Å². The van der Waals surface area contributed by atoms with Crippen LogP contribution in [0.1, 0.15) is 18.4 Å². The number of hydrogen-bond acceptors (Lipinski definition) is 6. The van der Waals surface area contributed by atoms with Crippen LogP contribution in [0.2, 0.25) is 0 Å². The molecular formula is C21H21N3O5S. The first-order valence-corrected chi connectivity index (χ1v) is 9.79. The molecular weight excluding hydrogens is 406 g/mol. The van der Waals surface area contributed by atoms with Gasteiger partial charge in [0.05, 0.1) is 11.0 Å². The van der Waals surface area contributed by atoms with Crippen LogP contribution >= 0.6 is 12.2 Å². The van der Waals surface area contributed by atoms with E-state index in [1.54, 1.807) is 30.3 Å². The van der Waals surface area contributed by atoms with E-state index < -0.39 is 10.8 Å². The Kier molecular flexibility index (Phi) is 7.47. The molecule has 1 fully saturated rings. The van der Waals surface area contributed by atoms with Crippen LogP contribution in [0, 0.1) is 10.1 Å². The molecule has 2 N–H and O–H groups in total. The highest BCUT2D eigenvalue weighted by Crippen LogP contribution is 2.18. The monoisotopic (exact) mass is 427 g/mol. The molecule has 8 nitrogen and oxygen atoms in total. The lowest BCUT2D eigenvalue weighted by atomic mass is 10.2. The van der Waals surface area contributed by atoms with Crippen molar-refractivity contribution in [1.29, 1.82) is 0 Å². The molecule has 1 heterocycles. The number of nitrogens with zero attached hydrogens (tertiary/aromatic N) is 1. The van der Waals surface area contributed by atoms with Gasteiger partial charge in [-0.3, -0.25) is 20.2 Å². The Morgan fingerprint density at radius 2 is 1.97 bits per heavy atom. The Bertz CT molecular complexity index is 923. The van der Waals surface area contributed by atoms with Gasteiger partial charge in [0.15, 0.2) is 5.11 Å². The van der Waals surface area contributed by atoms with Crippen molar-refractivity contribution in [2.75, 3.05) is 18.5 Å². The third-order valence-corrected chi connectivity index (χ3v) is 4.54. The van der Waals surface area contributed by atoms with Crippen molar-refractivity contribution in [2.45, 2.75) is 18.9 Å². The Morgan fingerprint density at radius 1 is 1.23 bits per heavy atom. The fourth-order valence-electron chi connectivity index (χ4n) is 2.79. The molecule has 30 heavy (non-hydrogen) atoms. The van der Waals surface area contributed by atoms with Crippen molar-refractivity contribution in [1.82, 2.24) is 5.32 Å². The number of carbonyl (C=O) groups is 1. The van der Waals surface area contributed by atoms with Crippen molar-refractivity contribution in [3.63, 3.8) is 0 Å². The molecule has 1 aliphatic heterocycles. The average Bonchev–Trinajstić information content (AvgIpc) is 3.25. The largest absolute Gasteiger partial charge is 0.491 e. The minimum Gasteiger partial charge on any atom is -0.491 e. The molecule has 1 amide bonds. The molecule has 156 valence electrons. The average molecular weight is 427 g/mol. The molecule has 0 aromatic heterocycles. The summed E-state index contributed by atoms with van der Waals surface area (Å²) in [6.45, 7) is 1.32. The van der Waals surface area contributed by atoms with Gasteiger partial charge in [-0.25, -0.2) is 0 Å². The number of nitrogens with one attached hydrogen (secondary N) is 2. The molecule has 2 aromatic rings. The van der Waals surface area contributed by atoms with Gasteiger partial charge in [0.25, 0.3) is 5.69 Å². The number of nitro benzene ring substituents is 1. The molecule has 1 saturated heterocycles. The van der Waals surface area contributed by atoms with Crippen LogP contribution in [0.4, 0.5) is 11.4 Å². The van der Waals surface area contributed by atoms with Crippen molar-refractivity contribution in [3.8, 4) is 5.75 Å². The topological polar surface area (TPSA) is 103 Å². The molecule has 1 aliphatic rings. The number of anilines is 1. The zero-order chi connectivity index (χ0) is 21.3. The summed E-state index contributed by atoms with van der Waals surface area (Å²) in [5.41, 5.74) is 1.36. The lowest BCUT2D eigenvalue weighted by molar-refractivity contribution is -0.384. The Labute approximate surface area is 179 Å². The number of thiocarbonyl (C=S) groups is 1. The molecule has 3 rings (SSSR count). The van der Waals surface area contributed by atoms with Gasteiger partial charge in [0.2, 0.25) is 5.91 Å². The molecule has 0 spiro atoms. The number of non-ortho nitro benzene ring substituents is 1. The third kappa shape index (κ3) is 6.64. The van der Waals surface area contributed by atoms with E-state index in [-0.39, 0.29) is 16.9 Å². The molecule has 1 unspecified atom stereocenters. The van der Waals surface area contributed by atoms with E-state index in [1.165, 1.54) is 18.2 Å². The number of ether oxygens (including phenoxy) is 2. The van der Waals surface area contributed by atoms with Gasteiger partial charge in [-0.1, -0.05) is 0 Å². The number of rotatable bonds is 7. The number of amides is 1. The summed E-state index contributed by atoms with van der Waals surface area (Å²) in [4.78, 5) is 22.2. The van der Waals surface area contributed by atoms with E-state index in [4.69, 9.17) is 21.7 Å². The van der Waals surface area contributed by atoms with E-state index in [9.17, 15) is 14.9 Å². The molecule has 0 saturated carbocycles. The molecule has 0 aliphatic carbocycles. The van der Waals surface area contributed by atoms with Gasteiger partial charge in [0, 0.05) is 30.5 Å². The summed E-state index contributed by atoms with van der Waals surface area (Å²) in [5, 5.41) is 16.3. The van der Waals surface area contributed by atoms with Crippen LogP contribution < -0.4 is 15.4 Å². The number of nitro groups is 1. The normalized spacial score (nSPS) is 15.7. The molecule has 0 radical (unpaired) electrons. The second-order valence-electron chi connectivity index (χ2n) is 6.60. The highest BCUT2D eigenvalue weighted by molar-refractivity contribution is 7.80. The highest BCUT2D eigenvalue weighted by Gasteiger charge is 2.15. The van der Waals surface area contributed by atoms with Gasteiger partial charge in [0.1, 0.15) is 12.4 Å². The van der Waals surface area contributed by atoms with Crippen LogP contribution in [-0.2, 0) is 9.53 Å². The first kappa shape index (κ1) is 21.4. The van der Waals surface area contributed by atoms with Gasteiger partial charge in [-0.2, -0.15) is 0 Å². The summed E-state index contributed by atoms with van der Waals surface area (Å²) >= 11 is 5.15. The fourth-order valence-corrected chi connectivity index (χ4v) is 3.01. The molecule has 9 heteroatoms. The maximum Gasteiger partial charge on any atom is 0.269 e. The Hall–Kier alpha value is -3.30. The van der Waals surface area contributed by atoms with Crippen molar-refractivity contribution < 1.29 is 19.2 Å². The smallest absolute Gasteiger partial charge is 0.269 e. The van der Waals surface area contributed by atoms with Crippen molar-refractivity contribution in [3.05, 3.63) is 70.3 Å². The van der Waals surface area contributed by atoms with E-state index in [1.807, 2.05) is 12.1 Å². The number of carbonyl (C=O) groups excluding carboxylic acids is 1. The zero-order valence-electron chi connectivity index (χ0n) is 16.1. The van der Waals surface area contributed by atoms with Gasteiger partial charge in [-0.05, 0) is 73.1 Å². The predicted octanol–water partition coefficient (Wildman–Crippen LogP) is 3.68. The summed E-state index contributed by atoms with van der Waals surface area (Å²) in [5.74, 6) is 0.319. The Balaban J connectivity index is 1.43. The Morgan fingerprint density at radius 3 is 2.60 bits per heavy atom. The van der Waals surface area contributed by atoms with Crippen molar-refractivity contribution in [2.24, 2.45) is 0 Å². The van der Waals surface area contributed by atoms with Gasteiger partial charge in [-0.15, -0.1) is 0 Å². The minimum absolute atomic E-state index is 0.00901. The van der Waals surface area contributed by atoms with Crippen molar-refractivity contribution >= 4 is 40.7 Å². The van der Waals surface area contributed by atoms with E-state index in [0.29, 0.717) is 17.9 Å². The minimum atomic E-state index is -0.479. The zero-order valence-corrected chi connectivity index (χ0v) is 16.9. The number of hydrogen-bond donors (Lipinski definition) is 2. The molecule has 2 aromatic carbocycles. The molecule has 0 bridgehead atoms. The number of benzene rings is 2. The first-order valence-electron chi connectivity index (χ1n) is 9.38. The van der Waals surface area contributed by atoms with Crippen LogP contribution in [0.25, 0.3) is 6.08 Å². The lowest BCUT2D eigenvalue weighted by Crippen LogP contribution is -2.32. The molecule has 1 atom stereocenters. The summed E-state index contributed by atoms with van der Waals surface area (Å²) in [6, 6.07) is 13.1. The second-order valence-corrected chi connectivity index (χ2v) is 7.00. The summed E-state index contributed by atoms with van der Waals surface area (Å²) < 4.78 is 11.2. The van der Waals surface area contributed by atoms with Crippen LogP contribution in [-0.4, -0.2) is 35.3 Å². The van der Waals surface area contributed by atoms with Gasteiger partial charge < -0.3 is 14.8 Å². The van der Waals surface area contributed by atoms with E-state index in [2.05, 4.69) is 10.6 Å². The van der Waals surface area contributed by atoms with E-state index >= 15 is 0 Å². The summed E-state index contributed by atoms with van der Waals surface area (Å²) in [7, 11) is 0. The third-order valence-electron chi connectivity index (χ3n) is 4.34. The predicted molar refractivity (Wildman–Crippen MR) is 117 cm³/mol.